The first-order valence-electron chi connectivity index (χ1n) is 5.43. The Bertz CT molecular complexity index is 465. The van der Waals surface area contributed by atoms with Crippen LogP contribution in [0.4, 0.5) is 0 Å². The van der Waals surface area contributed by atoms with E-state index in [4.69, 9.17) is 18.9 Å². The molecule has 1 aromatic rings. The van der Waals surface area contributed by atoms with E-state index in [-0.39, 0.29) is 0 Å². The molecule has 0 aromatic heterocycles. The third kappa shape index (κ3) is 1.60. The molecule has 92 valence electrons. The summed E-state index contributed by atoms with van der Waals surface area (Å²) in [7, 11) is 0. The van der Waals surface area contributed by atoms with Gasteiger partial charge in [0.05, 0.1) is 4.90 Å². The first-order chi connectivity index (χ1) is 7.77. The summed E-state index contributed by atoms with van der Waals surface area (Å²) < 4.78 is 22.7. The Hall–Kier alpha value is -1.23. The van der Waals surface area contributed by atoms with Crippen LogP contribution in [0.2, 0.25) is 0 Å². The second kappa shape index (κ2) is 2.96. The lowest BCUT2D eigenvalue weighted by Gasteiger charge is -2.18. The zero-order valence-corrected chi connectivity index (χ0v) is 11.1. The Morgan fingerprint density at radius 2 is 1.24 bits per heavy atom. The summed E-state index contributed by atoms with van der Waals surface area (Å²) in [6.45, 7) is 7.38. The number of thiol groups is 1. The Balaban J connectivity index is 2.11. The average Bonchev–Trinajstić information content (AvgIpc) is 2.61. The minimum atomic E-state index is -0.676. The Morgan fingerprint density at radius 1 is 0.824 bits per heavy atom. The number of hydrogen-bond acceptors (Lipinski definition) is 5. The highest BCUT2D eigenvalue weighted by Crippen LogP contribution is 2.55. The molecule has 1 aromatic carbocycles. The molecule has 0 N–H and O–H groups in total. The lowest BCUT2D eigenvalue weighted by atomic mass is 10.3. The van der Waals surface area contributed by atoms with Crippen LogP contribution in [0.15, 0.2) is 11.0 Å². The largest absolute Gasteiger partial charge is 0.449 e. The molecule has 0 fully saturated rings. The molecule has 17 heavy (non-hydrogen) atoms. The standard InChI is InChI=1S/C12H14O4S/c1-11(2)13-6-5-7-9(10(17)8(6)15-11)16-12(3,4)14-7/h5,17H,1-4H3. The SMILES string of the molecule is CC1(C)Oc2cc3c(c(S)c2O1)OC(C)(C)O3. The van der Waals surface area contributed by atoms with E-state index in [1.807, 2.05) is 27.7 Å². The van der Waals surface area contributed by atoms with Gasteiger partial charge in [0.1, 0.15) is 0 Å². The quantitative estimate of drug-likeness (QED) is 0.722. The van der Waals surface area contributed by atoms with E-state index in [2.05, 4.69) is 12.6 Å². The summed E-state index contributed by atoms with van der Waals surface area (Å²) in [6, 6.07) is 1.79. The van der Waals surface area contributed by atoms with Crippen molar-refractivity contribution < 1.29 is 18.9 Å². The van der Waals surface area contributed by atoms with Gasteiger partial charge in [0.25, 0.3) is 0 Å². The van der Waals surface area contributed by atoms with Gasteiger partial charge in [0, 0.05) is 33.8 Å². The predicted molar refractivity (Wildman–Crippen MR) is 64.4 cm³/mol. The molecule has 4 nitrogen and oxygen atoms in total. The number of hydrogen-bond donors (Lipinski definition) is 1. The zero-order chi connectivity index (χ0) is 12.4. The van der Waals surface area contributed by atoms with Crippen molar-refractivity contribution in [3.8, 4) is 23.0 Å². The number of benzene rings is 1. The van der Waals surface area contributed by atoms with Crippen molar-refractivity contribution in [1.82, 2.24) is 0 Å². The molecule has 0 spiro atoms. The minimum Gasteiger partial charge on any atom is -0.449 e. The van der Waals surface area contributed by atoms with Crippen LogP contribution in [0.5, 0.6) is 23.0 Å². The summed E-state index contributed by atoms with van der Waals surface area (Å²) in [5.41, 5.74) is 0. The van der Waals surface area contributed by atoms with Crippen LogP contribution in [0.25, 0.3) is 0 Å². The first kappa shape index (κ1) is 10.9. The third-order valence-electron chi connectivity index (χ3n) is 2.55. The Labute approximate surface area is 105 Å². The van der Waals surface area contributed by atoms with Crippen molar-refractivity contribution in [1.29, 1.82) is 0 Å². The normalized spacial score (nSPS) is 21.7. The molecule has 0 unspecified atom stereocenters. The molecule has 3 rings (SSSR count). The highest BCUT2D eigenvalue weighted by Gasteiger charge is 2.40. The van der Waals surface area contributed by atoms with Crippen molar-refractivity contribution in [2.24, 2.45) is 0 Å². The molecule has 0 radical (unpaired) electrons. The van der Waals surface area contributed by atoms with E-state index in [1.54, 1.807) is 6.07 Å². The van der Waals surface area contributed by atoms with E-state index < -0.39 is 11.6 Å². The van der Waals surface area contributed by atoms with Gasteiger partial charge in [0.2, 0.25) is 11.6 Å². The van der Waals surface area contributed by atoms with Crippen LogP contribution in [-0.2, 0) is 0 Å². The Kier molecular flexibility index (Phi) is 1.90. The fourth-order valence-electron chi connectivity index (χ4n) is 2.00. The number of rotatable bonds is 0. The molecular formula is C12H14O4S. The number of fused-ring (bicyclic) bond motifs is 2. The summed E-state index contributed by atoms with van der Waals surface area (Å²) in [5.74, 6) is 1.14. The van der Waals surface area contributed by atoms with Gasteiger partial charge in [0.15, 0.2) is 23.0 Å². The van der Waals surface area contributed by atoms with E-state index >= 15 is 0 Å². The van der Waals surface area contributed by atoms with Crippen molar-refractivity contribution in [2.45, 2.75) is 44.2 Å². The minimum absolute atomic E-state index is 0.610. The van der Waals surface area contributed by atoms with Gasteiger partial charge < -0.3 is 18.9 Å². The van der Waals surface area contributed by atoms with Gasteiger partial charge in [-0.2, -0.15) is 0 Å². The van der Waals surface area contributed by atoms with Gasteiger partial charge in [-0.1, -0.05) is 0 Å². The summed E-state index contributed by atoms with van der Waals surface area (Å²) in [5, 5.41) is 0. The van der Waals surface area contributed by atoms with Crippen LogP contribution in [0, 0.1) is 0 Å². The molecule has 2 aliphatic rings. The average molecular weight is 254 g/mol. The van der Waals surface area contributed by atoms with E-state index in [0.717, 1.165) is 0 Å². The molecule has 2 heterocycles. The monoisotopic (exact) mass is 254 g/mol. The van der Waals surface area contributed by atoms with Gasteiger partial charge in [-0.05, 0) is 0 Å². The van der Waals surface area contributed by atoms with Crippen LogP contribution in [-0.4, -0.2) is 11.6 Å². The van der Waals surface area contributed by atoms with E-state index in [9.17, 15) is 0 Å². The second-order valence-electron chi connectivity index (χ2n) is 5.09. The van der Waals surface area contributed by atoms with Gasteiger partial charge in [-0.3, -0.25) is 0 Å². The van der Waals surface area contributed by atoms with Crippen LogP contribution in [0.3, 0.4) is 0 Å². The topological polar surface area (TPSA) is 36.9 Å². The summed E-state index contributed by atoms with van der Waals surface area (Å²) in [4.78, 5) is 0.619. The molecule has 5 heteroatoms. The van der Waals surface area contributed by atoms with Crippen LogP contribution < -0.4 is 18.9 Å². The first-order valence-corrected chi connectivity index (χ1v) is 5.88. The molecule has 0 aliphatic carbocycles. The Morgan fingerprint density at radius 3 is 1.65 bits per heavy atom. The molecule has 0 bridgehead atoms. The van der Waals surface area contributed by atoms with Crippen molar-refractivity contribution in [2.75, 3.05) is 0 Å². The highest BCUT2D eigenvalue weighted by molar-refractivity contribution is 7.80. The van der Waals surface area contributed by atoms with Crippen molar-refractivity contribution >= 4 is 12.6 Å². The van der Waals surface area contributed by atoms with Crippen LogP contribution >= 0.6 is 12.6 Å². The van der Waals surface area contributed by atoms with Gasteiger partial charge in [-0.25, -0.2) is 0 Å². The smallest absolute Gasteiger partial charge is 0.246 e. The lowest BCUT2D eigenvalue weighted by molar-refractivity contribution is -0.0501. The van der Waals surface area contributed by atoms with Gasteiger partial charge in [-0.15, -0.1) is 12.6 Å². The second-order valence-corrected chi connectivity index (χ2v) is 5.53. The van der Waals surface area contributed by atoms with E-state index in [1.165, 1.54) is 0 Å². The lowest BCUT2D eigenvalue weighted by Crippen LogP contribution is -2.30. The molecular weight excluding hydrogens is 240 g/mol. The molecule has 2 aliphatic heterocycles. The van der Waals surface area contributed by atoms with Crippen molar-refractivity contribution in [3.05, 3.63) is 6.07 Å². The fourth-order valence-corrected chi connectivity index (χ4v) is 2.31. The van der Waals surface area contributed by atoms with Gasteiger partial charge >= 0.3 is 0 Å². The third-order valence-corrected chi connectivity index (χ3v) is 2.95. The molecule has 0 atom stereocenters. The predicted octanol–water partition coefficient (Wildman–Crippen LogP) is 2.99. The maximum absolute atomic E-state index is 5.68. The molecule has 0 saturated carbocycles. The number of ether oxygens (including phenoxy) is 4. The summed E-state index contributed by atoms with van der Waals surface area (Å²) in [6.07, 6.45) is 0. The highest BCUT2D eigenvalue weighted by atomic mass is 32.1. The maximum atomic E-state index is 5.68. The molecule has 0 amide bonds. The summed E-state index contributed by atoms with van der Waals surface area (Å²) >= 11 is 4.44. The van der Waals surface area contributed by atoms with Crippen LogP contribution in [0.1, 0.15) is 27.7 Å². The maximum Gasteiger partial charge on any atom is 0.246 e. The fraction of sp³-hybridized carbons (Fsp3) is 0.500. The van der Waals surface area contributed by atoms with E-state index in [0.29, 0.717) is 27.9 Å². The molecule has 0 saturated heterocycles. The van der Waals surface area contributed by atoms with Crippen molar-refractivity contribution in [3.63, 3.8) is 0 Å². The zero-order valence-electron chi connectivity index (χ0n) is 10.2.